The number of hydrogen-bond donors (Lipinski definition) is 1. The molecule has 0 aromatic heterocycles. The molecule has 1 heterocycles. The van der Waals surface area contributed by atoms with Crippen molar-refractivity contribution in [3.8, 4) is 0 Å². The van der Waals surface area contributed by atoms with Crippen LogP contribution in [-0.2, 0) is 19.5 Å². The van der Waals surface area contributed by atoms with Gasteiger partial charge in [0.05, 0.1) is 17.1 Å². The van der Waals surface area contributed by atoms with Crippen molar-refractivity contribution in [1.29, 1.82) is 0 Å². The Labute approximate surface area is 127 Å². The quantitative estimate of drug-likeness (QED) is 0.808. The highest BCUT2D eigenvalue weighted by Crippen LogP contribution is 2.27. The van der Waals surface area contributed by atoms with Crippen molar-refractivity contribution in [3.63, 3.8) is 0 Å². The Morgan fingerprint density at radius 1 is 1.25 bits per heavy atom. The second kappa shape index (κ2) is 5.98. The first-order valence-electron chi connectivity index (χ1n) is 6.01. The van der Waals surface area contributed by atoms with E-state index in [1.165, 1.54) is 16.4 Å². The van der Waals surface area contributed by atoms with Gasteiger partial charge in [-0.2, -0.15) is 4.31 Å². The third kappa shape index (κ3) is 2.84. The number of nitrogen functional groups attached to an aromatic ring is 1. The molecule has 0 aliphatic carbocycles. The number of nitrogens with two attached hydrogens (primary N) is 1. The van der Waals surface area contributed by atoms with E-state index in [1.807, 2.05) is 0 Å². The molecule has 6 nitrogen and oxygen atoms in total. The minimum Gasteiger partial charge on any atom is -0.398 e. The van der Waals surface area contributed by atoms with Crippen LogP contribution in [0.15, 0.2) is 27.6 Å². The van der Waals surface area contributed by atoms with Crippen molar-refractivity contribution in [3.05, 3.63) is 22.7 Å². The van der Waals surface area contributed by atoms with Gasteiger partial charge in [0, 0.05) is 37.5 Å². The van der Waals surface area contributed by atoms with Crippen molar-refractivity contribution in [2.75, 3.05) is 33.0 Å². The summed E-state index contributed by atoms with van der Waals surface area (Å²) in [6.07, 6.45) is -0.523. The summed E-state index contributed by atoms with van der Waals surface area (Å²) in [7, 11) is -0.499. The maximum atomic E-state index is 12.6. The molecule has 112 valence electrons. The molecule has 0 bridgehead atoms. The molecule has 2 unspecified atom stereocenters. The maximum Gasteiger partial charge on any atom is 0.243 e. The Balaban J connectivity index is 2.29. The minimum atomic E-state index is -3.59. The van der Waals surface area contributed by atoms with Gasteiger partial charge in [-0.25, -0.2) is 8.42 Å². The summed E-state index contributed by atoms with van der Waals surface area (Å²) in [4.78, 5) is 0.171. The Morgan fingerprint density at radius 3 is 2.25 bits per heavy atom. The van der Waals surface area contributed by atoms with Crippen molar-refractivity contribution < 1.29 is 17.9 Å². The fourth-order valence-electron chi connectivity index (χ4n) is 2.19. The minimum absolute atomic E-state index is 0.171. The Bertz CT molecular complexity index is 581. The summed E-state index contributed by atoms with van der Waals surface area (Å²) in [5.74, 6) is 0. The van der Waals surface area contributed by atoms with Gasteiger partial charge >= 0.3 is 0 Å². The van der Waals surface area contributed by atoms with Gasteiger partial charge in [-0.15, -0.1) is 0 Å². The molecule has 0 amide bonds. The summed E-state index contributed by atoms with van der Waals surface area (Å²) < 4.78 is 37.7. The van der Waals surface area contributed by atoms with Crippen LogP contribution in [0.4, 0.5) is 5.69 Å². The number of methoxy groups -OCH3 is 2. The number of benzene rings is 1. The second-order valence-corrected chi connectivity index (χ2v) is 7.35. The van der Waals surface area contributed by atoms with Gasteiger partial charge in [-0.3, -0.25) is 0 Å². The smallest absolute Gasteiger partial charge is 0.243 e. The van der Waals surface area contributed by atoms with E-state index in [2.05, 4.69) is 15.9 Å². The van der Waals surface area contributed by atoms with Gasteiger partial charge < -0.3 is 15.2 Å². The molecule has 1 aromatic carbocycles. The molecule has 2 atom stereocenters. The first-order chi connectivity index (χ1) is 9.40. The zero-order valence-corrected chi connectivity index (χ0v) is 13.6. The average molecular weight is 365 g/mol. The van der Waals surface area contributed by atoms with Gasteiger partial charge in [0.15, 0.2) is 0 Å². The van der Waals surface area contributed by atoms with Gasteiger partial charge in [-0.1, -0.05) is 0 Å². The summed E-state index contributed by atoms with van der Waals surface area (Å²) in [6, 6.07) is 4.60. The molecular weight excluding hydrogens is 348 g/mol. The van der Waals surface area contributed by atoms with E-state index in [0.717, 1.165) is 0 Å². The fourth-order valence-corrected chi connectivity index (χ4v) is 3.94. The van der Waals surface area contributed by atoms with Crippen molar-refractivity contribution in [2.45, 2.75) is 17.1 Å². The molecule has 1 fully saturated rings. The summed E-state index contributed by atoms with van der Waals surface area (Å²) in [6.45, 7) is 0.542. The summed E-state index contributed by atoms with van der Waals surface area (Å²) >= 11 is 3.25. The lowest BCUT2D eigenvalue weighted by Gasteiger charge is -2.16. The Hall–Kier alpha value is -0.670. The van der Waals surface area contributed by atoms with Crippen LogP contribution in [0.25, 0.3) is 0 Å². The normalized spacial score (nSPS) is 24.1. The Morgan fingerprint density at radius 2 is 1.80 bits per heavy atom. The number of nitrogens with zero attached hydrogens (tertiary/aromatic N) is 1. The van der Waals surface area contributed by atoms with E-state index in [1.54, 1.807) is 20.3 Å². The van der Waals surface area contributed by atoms with Crippen LogP contribution in [0.1, 0.15) is 0 Å². The highest BCUT2D eigenvalue weighted by molar-refractivity contribution is 9.10. The van der Waals surface area contributed by atoms with E-state index in [9.17, 15) is 8.42 Å². The molecule has 1 aromatic rings. The van der Waals surface area contributed by atoms with Crippen LogP contribution in [0.3, 0.4) is 0 Å². The van der Waals surface area contributed by atoms with E-state index in [-0.39, 0.29) is 30.2 Å². The molecule has 1 aliphatic heterocycles. The van der Waals surface area contributed by atoms with Crippen molar-refractivity contribution in [2.24, 2.45) is 0 Å². The van der Waals surface area contributed by atoms with Crippen LogP contribution in [0, 0.1) is 0 Å². The molecule has 8 heteroatoms. The molecule has 2 rings (SSSR count). The molecule has 0 radical (unpaired) electrons. The third-order valence-electron chi connectivity index (χ3n) is 3.39. The maximum absolute atomic E-state index is 12.6. The lowest BCUT2D eigenvalue weighted by molar-refractivity contribution is -0.00461. The molecule has 2 N–H and O–H groups in total. The highest BCUT2D eigenvalue weighted by atomic mass is 79.9. The average Bonchev–Trinajstić information content (AvgIpc) is 2.85. The van der Waals surface area contributed by atoms with E-state index >= 15 is 0 Å². The van der Waals surface area contributed by atoms with Crippen LogP contribution in [-0.4, -0.2) is 52.2 Å². The van der Waals surface area contributed by atoms with Crippen LogP contribution in [0.2, 0.25) is 0 Å². The topological polar surface area (TPSA) is 81.9 Å². The molecule has 0 saturated carbocycles. The monoisotopic (exact) mass is 364 g/mol. The molecule has 0 spiro atoms. The van der Waals surface area contributed by atoms with Gasteiger partial charge in [0.2, 0.25) is 10.0 Å². The SMILES string of the molecule is COC1CN(S(=O)(=O)c2ccc(Br)c(N)c2)CC1OC. The zero-order valence-electron chi connectivity index (χ0n) is 11.2. The van der Waals surface area contributed by atoms with Crippen LogP contribution in [0.5, 0.6) is 0 Å². The molecule has 20 heavy (non-hydrogen) atoms. The van der Waals surface area contributed by atoms with Crippen LogP contribution >= 0.6 is 15.9 Å². The third-order valence-corrected chi connectivity index (χ3v) is 5.94. The number of sulfonamides is 1. The largest absolute Gasteiger partial charge is 0.398 e. The number of rotatable bonds is 4. The molecular formula is C12H17BrN2O4S. The number of halogens is 1. The standard InChI is InChI=1S/C12H17BrN2O4S/c1-18-11-6-15(7-12(11)19-2)20(16,17)8-3-4-9(13)10(14)5-8/h3-5,11-12H,6-7,14H2,1-2H3. The first-order valence-corrected chi connectivity index (χ1v) is 8.24. The first kappa shape index (κ1) is 15.7. The number of ether oxygens (including phenoxy) is 2. The lowest BCUT2D eigenvalue weighted by atomic mass is 10.3. The highest BCUT2D eigenvalue weighted by Gasteiger charge is 2.39. The van der Waals surface area contributed by atoms with E-state index in [4.69, 9.17) is 15.2 Å². The number of anilines is 1. The second-order valence-electron chi connectivity index (χ2n) is 4.55. The van der Waals surface area contributed by atoms with Crippen molar-refractivity contribution in [1.82, 2.24) is 4.31 Å². The number of hydrogen-bond acceptors (Lipinski definition) is 5. The Kier molecular flexibility index (Phi) is 4.70. The summed E-state index contributed by atoms with van der Waals surface area (Å²) in [5, 5.41) is 0. The van der Waals surface area contributed by atoms with Gasteiger partial charge in [-0.05, 0) is 34.1 Å². The van der Waals surface area contributed by atoms with Crippen LogP contribution < -0.4 is 5.73 Å². The summed E-state index contributed by atoms with van der Waals surface area (Å²) in [5.41, 5.74) is 6.13. The molecule has 1 saturated heterocycles. The van der Waals surface area contributed by atoms with E-state index < -0.39 is 10.0 Å². The van der Waals surface area contributed by atoms with E-state index in [0.29, 0.717) is 10.2 Å². The van der Waals surface area contributed by atoms with Gasteiger partial charge in [0.25, 0.3) is 0 Å². The zero-order chi connectivity index (χ0) is 14.9. The molecule has 1 aliphatic rings. The van der Waals surface area contributed by atoms with Crippen molar-refractivity contribution >= 4 is 31.6 Å². The predicted molar refractivity (Wildman–Crippen MR) is 78.9 cm³/mol. The lowest BCUT2D eigenvalue weighted by Crippen LogP contribution is -2.30. The fraction of sp³-hybridized carbons (Fsp3) is 0.500. The predicted octanol–water partition coefficient (Wildman–Crippen LogP) is 1.07. The van der Waals surface area contributed by atoms with Gasteiger partial charge in [0.1, 0.15) is 0 Å².